The molecule has 6 heteroatoms. The first kappa shape index (κ1) is 17.1. The van der Waals surface area contributed by atoms with Crippen molar-refractivity contribution >= 4 is 23.3 Å². The van der Waals surface area contributed by atoms with Crippen molar-refractivity contribution in [3.63, 3.8) is 0 Å². The van der Waals surface area contributed by atoms with Crippen LogP contribution in [-0.4, -0.2) is 53.2 Å². The van der Waals surface area contributed by atoms with Gasteiger partial charge in [-0.2, -0.15) is 0 Å². The number of aryl methyl sites for hydroxylation is 1. The molecule has 1 aliphatic rings. The Morgan fingerprint density at radius 2 is 2.45 bits per heavy atom. The molecular formula is C16H25N3O2S. The van der Waals surface area contributed by atoms with E-state index in [4.69, 9.17) is 0 Å². The highest BCUT2D eigenvalue weighted by molar-refractivity contribution is 7.09. The standard InChI is InChI=1S/C16H25N3O2S/c1-13-18-14(12-22-13)6-7-16(21)17-8-2-3-9-19-10-4-5-15(19)11-20/h6-7,12,15,20H,2-5,8-11H2,1H3,(H,17,21)/b7-6+. The van der Waals surface area contributed by atoms with Gasteiger partial charge < -0.3 is 10.4 Å². The first-order valence-corrected chi connectivity index (χ1v) is 8.80. The topological polar surface area (TPSA) is 65.5 Å². The molecule has 1 fully saturated rings. The Morgan fingerprint density at radius 3 is 3.18 bits per heavy atom. The molecule has 0 aromatic carbocycles. The van der Waals surface area contributed by atoms with E-state index in [1.165, 1.54) is 12.5 Å². The highest BCUT2D eigenvalue weighted by Gasteiger charge is 2.22. The van der Waals surface area contributed by atoms with E-state index in [0.717, 1.165) is 43.1 Å². The number of aliphatic hydroxyl groups is 1. The number of nitrogens with zero attached hydrogens (tertiary/aromatic N) is 2. The van der Waals surface area contributed by atoms with E-state index in [1.807, 2.05) is 12.3 Å². The molecule has 1 aromatic heterocycles. The number of nitrogens with one attached hydrogen (secondary N) is 1. The summed E-state index contributed by atoms with van der Waals surface area (Å²) in [5.74, 6) is -0.0694. The summed E-state index contributed by atoms with van der Waals surface area (Å²) >= 11 is 1.58. The van der Waals surface area contributed by atoms with Gasteiger partial charge in [0.15, 0.2) is 0 Å². The van der Waals surface area contributed by atoms with Crippen LogP contribution in [0.4, 0.5) is 0 Å². The fourth-order valence-corrected chi connectivity index (χ4v) is 3.31. The average molecular weight is 323 g/mol. The summed E-state index contributed by atoms with van der Waals surface area (Å²) in [6, 6.07) is 0.346. The number of rotatable bonds is 8. The molecule has 0 spiro atoms. The fourth-order valence-electron chi connectivity index (χ4n) is 2.72. The van der Waals surface area contributed by atoms with Crippen LogP contribution in [0.5, 0.6) is 0 Å². The number of hydrogen-bond donors (Lipinski definition) is 2. The Kier molecular flexibility index (Phi) is 7.02. The van der Waals surface area contributed by atoms with Gasteiger partial charge in [-0.3, -0.25) is 9.69 Å². The number of aliphatic hydroxyl groups excluding tert-OH is 1. The largest absolute Gasteiger partial charge is 0.395 e. The van der Waals surface area contributed by atoms with Crippen LogP contribution in [0, 0.1) is 6.92 Å². The Hall–Kier alpha value is -1.24. The van der Waals surface area contributed by atoms with Gasteiger partial charge >= 0.3 is 0 Å². The minimum absolute atomic E-state index is 0.0694. The number of amides is 1. The molecule has 0 aliphatic carbocycles. The van der Waals surface area contributed by atoms with Crippen LogP contribution >= 0.6 is 11.3 Å². The summed E-state index contributed by atoms with van der Waals surface area (Å²) in [4.78, 5) is 18.3. The molecule has 0 radical (unpaired) electrons. The summed E-state index contributed by atoms with van der Waals surface area (Å²) in [5, 5.41) is 15.1. The summed E-state index contributed by atoms with van der Waals surface area (Å²) in [7, 11) is 0. The van der Waals surface area contributed by atoms with E-state index < -0.39 is 0 Å². The van der Waals surface area contributed by atoms with Crippen molar-refractivity contribution in [3.05, 3.63) is 22.2 Å². The molecule has 1 atom stereocenters. The van der Waals surface area contributed by atoms with Crippen LogP contribution in [0.1, 0.15) is 36.4 Å². The van der Waals surface area contributed by atoms with Crippen LogP contribution in [0.2, 0.25) is 0 Å². The molecule has 1 saturated heterocycles. The smallest absolute Gasteiger partial charge is 0.244 e. The van der Waals surface area contributed by atoms with Crippen molar-refractivity contribution in [1.82, 2.24) is 15.2 Å². The van der Waals surface area contributed by atoms with Gasteiger partial charge in [0.05, 0.1) is 17.3 Å². The number of likely N-dealkylation sites (tertiary alicyclic amines) is 1. The summed E-state index contributed by atoms with van der Waals surface area (Å²) in [6.07, 6.45) is 7.58. The number of aromatic nitrogens is 1. The maximum absolute atomic E-state index is 11.7. The van der Waals surface area contributed by atoms with Crippen LogP contribution in [-0.2, 0) is 4.79 Å². The number of thiazole rings is 1. The normalized spacial score (nSPS) is 19.1. The lowest BCUT2D eigenvalue weighted by atomic mass is 10.2. The van der Waals surface area contributed by atoms with Crippen molar-refractivity contribution in [1.29, 1.82) is 0 Å². The van der Waals surface area contributed by atoms with Crippen molar-refractivity contribution in [2.24, 2.45) is 0 Å². The van der Waals surface area contributed by atoms with Gasteiger partial charge in [0.1, 0.15) is 0 Å². The lowest BCUT2D eigenvalue weighted by Crippen LogP contribution is -2.33. The fraction of sp³-hybridized carbons (Fsp3) is 0.625. The van der Waals surface area contributed by atoms with Crippen molar-refractivity contribution in [3.8, 4) is 0 Å². The summed E-state index contributed by atoms with van der Waals surface area (Å²) in [6.45, 7) is 5.00. The van der Waals surface area contributed by atoms with E-state index in [0.29, 0.717) is 12.6 Å². The molecule has 0 bridgehead atoms. The molecule has 1 aliphatic heterocycles. The Morgan fingerprint density at radius 1 is 1.59 bits per heavy atom. The third-order valence-electron chi connectivity index (χ3n) is 3.92. The second-order valence-corrected chi connectivity index (χ2v) is 6.70. The maximum atomic E-state index is 11.7. The summed E-state index contributed by atoms with van der Waals surface area (Å²) in [5.41, 5.74) is 0.835. The van der Waals surface area contributed by atoms with E-state index in [-0.39, 0.29) is 12.5 Å². The van der Waals surface area contributed by atoms with Gasteiger partial charge in [-0.1, -0.05) is 0 Å². The first-order valence-electron chi connectivity index (χ1n) is 7.92. The Bertz CT molecular complexity index is 501. The van der Waals surface area contributed by atoms with E-state index in [2.05, 4.69) is 15.2 Å². The highest BCUT2D eigenvalue weighted by atomic mass is 32.1. The first-order chi connectivity index (χ1) is 10.7. The molecule has 122 valence electrons. The van der Waals surface area contributed by atoms with Gasteiger partial charge in [-0.05, 0) is 51.8 Å². The zero-order valence-corrected chi connectivity index (χ0v) is 13.9. The van der Waals surface area contributed by atoms with Crippen LogP contribution in [0.25, 0.3) is 6.08 Å². The lowest BCUT2D eigenvalue weighted by molar-refractivity contribution is -0.116. The third kappa shape index (κ3) is 5.51. The third-order valence-corrected chi connectivity index (χ3v) is 4.72. The Balaban J connectivity index is 1.56. The monoisotopic (exact) mass is 323 g/mol. The molecule has 2 rings (SSSR count). The Labute approximate surface area is 136 Å². The van der Waals surface area contributed by atoms with Gasteiger partial charge in [0.25, 0.3) is 0 Å². The van der Waals surface area contributed by atoms with Gasteiger partial charge in [-0.25, -0.2) is 4.98 Å². The van der Waals surface area contributed by atoms with Crippen LogP contribution in [0.3, 0.4) is 0 Å². The van der Waals surface area contributed by atoms with Gasteiger partial charge in [0.2, 0.25) is 5.91 Å². The number of carbonyl (C=O) groups is 1. The van der Waals surface area contributed by atoms with Gasteiger partial charge in [0, 0.05) is 24.0 Å². The molecule has 0 saturated carbocycles. The molecule has 2 heterocycles. The van der Waals surface area contributed by atoms with E-state index >= 15 is 0 Å². The summed E-state index contributed by atoms with van der Waals surface area (Å²) < 4.78 is 0. The van der Waals surface area contributed by atoms with Crippen LogP contribution in [0.15, 0.2) is 11.5 Å². The quantitative estimate of drug-likeness (QED) is 0.566. The second-order valence-electron chi connectivity index (χ2n) is 5.64. The molecule has 2 N–H and O–H groups in total. The zero-order chi connectivity index (χ0) is 15.8. The molecule has 1 amide bonds. The van der Waals surface area contributed by atoms with Crippen molar-refractivity contribution in [2.45, 2.75) is 38.6 Å². The number of hydrogen-bond acceptors (Lipinski definition) is 5. The second kappa shape index (κ2) is 9.02. The minimum Gasteiger partial charge on any atom is -0.395 e. The van der Waals surface area contributed by atoms with E-state index in [1.54, 1.807) is 17.4 Å². The minimum atomic E-state index is -0.0694. The maximum Gasteiger partial charge on any atom is 0.244 e. The van der Waals surface area contributed by atoms with E-state index in [9.17, 15) is 9.90 Å². The van der Waals surface area contributed by atoms with Gasteiger partial charge in [-0.15, -0.1) is 11.3 Å². The van der Waals surface area contributed by atoms with Crippen molar-refractivity contribution < 1.29 is 9.90 Å². The highest BCUT2D eigenvalue weighted by Crippen LogP contribution is 2.16. The molecule has 1 aromatic rings. The van der Waals surface area contributed by atoms with Crippen LogP contribution < -0.4 is 5.32 Å². The average Bonchev–Trinajstić information content (AvgIpc) is 3.13. The van der Waals surface area contributed by atoms with Crippen molar-refractivity contribution in [2.75, 3.05) is 26.2 Å². The zero-order valence-electron chi connectivity index (χ0n) is 13.1. The lowest BCUT2D eigenvalue weighted by Gasteiger charge is -2.22. The molecule has 22 heavy (non-hydrogen) atoms. The molecular weight excluding hydrogens is 298 g/mol. The molecule has 5 nitrogen and oxygen atoms in total. The number of carbonyl (C=O) groups excluding carboxylic acids is 1. The molecule has 1 unspecified atom stereocenters. The predicted molar refractivity (Wildman–Crippen MR) is 89.8 cm³/mol. The number of unbranched alkanes of at least 4 members (excludes halogenated alkanes) is 1. The SMILES string of the molecule is Cc1nc(/C=C/C(=O)NCCCCN2CCCC2CO)cs1. The predicted octanol–water partition coefficient (Wildman–Crippen LogP) is 1.82.